The number of oxime groups is 1. The van der Waals surface area contributed by atoms with Crippen LogP contribution in [0.1, 0.15) is 16.8 Å². The van der Waals surface area contributed by atoms with Gasteiger partial charge in [-0.2, -0.15) is 0 Å². The van der Waals surface area contributed by atoms with E-state index < -0.39 is 0 Å². The fraction of sp³-hybridized carbons (Fsp3) is 0.143. The lowest BCUT2D eigenvalue weighted by atomic mass is 10.1. The maximum absolute atomic E-state index is 13.4. The van der Waals surface area contributed by atoms with Gasteiger partial charge in [-0.3, -0.25) is 4.98 Å². The minimum Gasteiger partial charge on any atom is -0.409 e. The lowest BCUT2D eigenvalue weighted by Crippen LogP contribution is -2.15. The Bertz CT molecular complexity index is 643. The number of nitrogens with zero attached hydrogens (tertiary/aromatic N) is 2. The predicted molar refractivity (Wildman–Crippen MR) is 75.2 cm³/mol. The largest absolute Gasteiger partial charge is 0.409 e. The molecule has 0 atom stereocenters. The van der Waals surface area contributed by atoms with E-state index in [1.165, 1.54) is 6.07 Å². The first-order chi connectivity index (χ1) is 9.61. The number of hydrogen-bond donors (Lipinski definition) is 3. The minimum atomic E-state index is -0.248. The molecular formula is C14H15FN4O. The standard InChI is InChI=1S/C14H15FN4O/c1-9-11(15)3-2-4-12(9)18-8-10-5-6-17-13(7-10)14(16)19-20/h2-7,18,20H,8H2,1H3,(H2,16,19). The third-order valence-electron chi connectivity index (χ3n) is 2.95. The molecule has 0 aliphatic rings. The smallest absolute Gasteiger partial charge is 0.188 e. The molecule has 0 saturated carbocycles. The summed E-state index contributed by atoms with van der Waals surface area (Å²) in [5, 5.41) is 14.7. The van der Waals surface area contributed by atoms with E-state index in [4.69, 9.17) is 10.9 Å². The second-order valence-electron chi connectivity index (χ2n) is 4.30. The van der Waals surface area contributed by atoms with E-state index in [2.05, 4.69) is 15.5 Å². The van der Waals surface area contributed by atoms with Gasteiger partial charge in [0.25, 0.3) is 0 Å². The van der Waals surface area contributed by atoms with E-state index in [0.29, 0.717) is 17.8 Å². The molecule has 1 heterocycles. The number of aromatic nitrogens is 1. The summed E-state index contributed by atoms with van der Waals surface area (Å²) < 4.78 is 13.4. The second kappa shape index (κ2) is 6.01. The van der Waals surface area contributed by atoms with Crippen molar-refractivity contribution in [1.82, 2.24) is 4.98 Å². The van der Waals surface area contributed by atoms with Crippen LogP contribution in [0.2, 0.25) is 0 Å². The Labute approximate surface area is 116 Å². The molecule has 0 amide bonds. The van der Waals surface area contributed by atoms with Crippen LogP contribution < -0.4 is 11.1 Å². The summed E-state index contributed by atoms with van der Waals surface area (Å²) in [6.07, 6.45) is 1.57. The van der Waals surface area contributed by atoms with Crippen molar-refractivity contribution in [1.29, 1.82) is 0 Å². The molecule has 0 aliphatic heterocycles. The molecular weight excluding hydrogens is 259 g/mol. The zero-order chi connectivity index (χ0) is 14.5. The molecule has 4 N–H and O–H groups in total. The highest BCUT2D eigenvalue weighted by Crippen LogP contribution is 2.18. The number of benzene rings is 1. The van der Waals surface area contributed by atoms with Gasteiger partial charge in [-0.1, -0.05) is 11.2 Å². The van der Waals surface area contributed by atoms with Gasteiger partial charge in [-0.25, -0.2) is 4.39 Å². The van der Waals surface area contributed by atoms with Gasteiger partial charge in [-0.15, -0.1) is 0 Å². The fourth-order valence-electron chi connectivity index (χ4n) is 1.77. The number of anilines is 1. The Morgan fingerprint density at radius 2 is 2.25 bits per heavy atom. The Kier molecular flexibility index (Phi) is 4.14. The van der Waals surface area contributed by atoms with Gasteiger partial charge < -0.3 is 16.3 Å². The Morgan fingerprint density at radius 1 is 1.45 bits per heavy atom. The minimum absolute atomic E-state index is 0.0474. The molecule has 0 unspecified atom stereocenters. The molecule has 6 heteroatoms. The maximum Gasteiger partial charge on any atom is 0.188 e. The number of hydrogen-bond acceptors (Lipinski definition) is 4. The van der Waals surface area contributed by atoms with Crippen LogP contribution in [-0.2, 0) is 6.54 Å². The average molecular weight is 274 g/mol. The number of pyridine rings is 1. The van der Waals surface area contributed by atoms with Crippen LogP contribution in [0.4, 0.5) is 10.1 Å². The number of nitrogens with two attached hydrogens (primary N) is 1. The van der Waals surface area contributed by atoms with Crippen molar-refractivity contribution in [2.45, 2.75) is 13.5 Å². The molecule has 5 nitrogen and oxygen atoms in total. The molecule has 0 saturated heterocycles. The van der Waals surface area contributed by atoms with E-state index in [0.717, 1.165) is 11.3 Å². The first-order valence-electron chi connectivity index (χ1n) is 6.03. The van der Waals surface area contributed by atoms with Crippen molar-refractivity contribution in [3.63, 3.8) is 0 Å². The normalized spacial score (nSPS) is 11.4. The monoisotopic (exact) mass is 274 g/mol. The van der Waals surface area contributed by atoms with Crippen molar-refractivity contribution >= 4 is 11.5 Å². The van der Waals surface area contributed by atoms with Gasteiger partial charge in [0.15, 0.2) is 5.84 Å². The predicted octanol–water partition coefficient (Wildman–Crippen LogP) is 2.24. The molecule has 104 valence electrons. The quantitative estimate of drug-likeness (QED) is 0.345. The molecule has 0 radical (unpaired) electrons. The van der Waals surface area contributed by atoms with Crippen molar-refractivity contribution in [2.24, 2.45) is 10.9 Å². The van der Waals surface area contributed by atoms with Crippen molar-refractivity contribution < 1.29 is 9.60 Å². The van der Waals surface area contributed by atoms with E-state index in [1.807, 2.05) is 6.07 Å². The second-order valence-corrected chi connectivity index (χ2v) is 4.30. The van der Waals surface area contributed by atoms with E-state index in [-0.39, 0.29) is 11.7 Å². The molecule has 1 aromatic heterocycles. The summed E-state index contributed by atoms with van der Waals surface area (Å²) in [7, 11) is 0. The van der Waals surface area contributed by atoms with Crippen LogP contribution in [0.3, 0.4) is 0 Å². The summed E-state index contributed by atoms with van der Waals surface area (Å²) in [5.41, 5.74) is 8.06. The molecule has 2 aromatic rings. The Hall–Kier alpha value is -2.63. The van der Waals surface area contributed by atoms with Crippen molar-refractivity contribution in [3.8, 4) is 0 Å². The number of amidine groups is 1. The van der Waals surface area contributed by atoms with Gasteiger partial charge in [0.05, 0.1) is 0 Å². The third-order valence-corrected chi connectivity index (χ3v) is 2.95. The van der Waals surface area contributed by atoms with Crippen LogP contribution in [0, 0.1) is 12.7 Å². The summed E-state index contributed by atoms with van der Waals surface area (Å²) in [4.78, 5) is 3.99. The summed E-state index contributed by atoms with van der Waals surface area (Å²) in [5.74, 6) is -0.295. The van der Waals surface area contributed by atoms with Gasteiger partial charge >= 0.3 is 0 Å². The van der Waals surface area contributed by atoms with Crippen LogP contribution in [0.25, 0.3) is 0 Å². The summed E-state index contributed by atoms with van der Waals surface area (Å²) in [6.45, 7) is 2.20. The molecule has 0 aliphatic carbocycles. The van der Waals surface area contributed by atoms with Crippen LogP contribution in [-0.4, -0.2) is 16.0 Å². The van der Waals surface area contributed by atoms with E-state index in [1.54, 1.807) is 31.3 Å². The molecule has 0 fully saturated rings. The average Bonchev–Trinajstić information content (AvgIpc) is 2.48. The lowest BCUT2D eigenvalue weighted by Gasteiger charge is -2.10. The number of rotatable bonds is 4. The number of halogens is 1. The Morgan fingerprint density at radius 3 is 3.00 bits per heavy atom. The topological polar surface area (TPSA) is 83.5 Å². The molecule has 20 heavy (non-hydrogen) atoms. The highest BCUT2D eigenvalue weighted by atomic mass is 19.1. The lowest BCUT2D eigenvalue weighted by molar-refractivity contribution is 0.318. The van der Waals surface area contributed by atoms with Crippen LogP contribution in [0.5, 0.6) is 0 Å². The Balaban J connectivity index is 2.13. The van der Waals surface area contributed by atoms with Crippen LogP contribution >= 0.6 is 0 Å². The third kappa shape index (κ3) is 3.03. The van der Waals surface area contributed by atoms with Crippen molar-refractivity contribution in [2.75, 3.05) is 5.32 Å². The molecule has 0 bridgehead atoms. The van der Waals surface area contributed by atoms with Gasteiger partial charge in [0.1, 0.15) is 11.5 Å². The van der Waals surface area contributed by atoms with Crippen LogP contribution in [0.15, 0.2) is 41.7 Å². The SMILES string of the molecule is Cc1c(F)cccc1NCc1ccnc(C(N)=NO)c1. The van der Waals surface area contributed by atoms with Crippen molar-refractivity contribution in [3.05, 3.63) is 59.2 Å². The first kappa shape index (κ1) is 13.8. The molecule has 0 spiro atoms. The highest BCUT2D eigenvalue weighted by Gasteiger charge is 2.05. The van der Waals surface area contributed by atoms with E-state index in [9.17, 15) is 4.39 Å². The molecule has 1 aromatic carbocycles. The fourth-order valence-corrected chi connectivity index (χ4v) is 1.77. The van der Waals surface area contributed by atoms with Gasteiger partial charge in [0.2, 0.25) is 0 Å². The van der Waals surface area contributed by atoms with Gasteiger partial charge in [-0.05, 0) is 36.8 Å². The summed E-state index contributed by atoms with van der Waals surface area (Å²) in [6, 6.07) is 8.39. The maximum atomic E-state index is 13.4. The summed E-state index contributed by atoms with van der Waals surface area (Å²) >= 11 is 0. The highest BCUT2D eigenvalue weighted by molar-refractivity contribution is 5.95. The molecule has 2 rings (SSSR count). The number of nitrogens with one attached hydrogen (secondary N) is 1. The first-order valence-corrected chi connectivity index (χ1v) is 6.03. The van der Waals surface area contributed by atoms with E-state index >= 15 is 0 Å². The zero-order valence-corrected chi connectivity index (χ0v) is 11.0. The zero-order valence-electron chi connectivity index (χ0n) is 11.0. The van der Waals surface area contributed by atoms with Gasteiger partial charge in [0, 0.05) is 24.0 Å².